The summed E-state index contributed by atoms with van der Waals surface area (Å²) in [6, 6.07) is 4.31. The Bertz CT molecular complexity index is 732. The second kappa shape index (κ2) is 7.95. The lowest BCUT2D eigenvalue weighted by atomic mass is 10.0. The molecule has 1 aromatic carbocycles. The largest absolute Gasteiger partial charge is 0.354 e. The normalized spacial score (nSPS) is 20.2. The van der Waals surface area contributed by atoms with E-state index in [0.29, 0.717) is 6.42 Å². The van der Waals surface area contributed by atoms with Crippen LogP contribution >= 0.6 is 0 Å². The van der Waals surface area contributed by atoms with Crippen LogP contribution in [-0.4, -0.2) is 44.3 Å². The Labute approximate surface area is 147 Å². The number of hydrogen-bond donors (Lipinski definition) is 2. The van der Waals surface area contributed by atoms with Crippen molar-refractivity contribution in [1.29, 1.82) is 0 Å². The zero-order chi connectivity index (χ0) is 18.6. The van der Waals surface area contributed by atoms with Crippen LogP contribution in [0, 0.1) is 17.7 Å². The number of benzene rings is 1. The predicted octanol–water partition coefficient (Wildman–Crippen LogP) is 1.13. The molecule has 0 spiro atoms. The molecule has 25 heavy (non-hydrogen) atoms. The lowest BCUT2D eigenvalue weighted by molar-refractivity contribution is -0.124. The van der Waals surface area contributed by atoms with E-state index in [1.807, 2.05) is 0 Å². The summed E-state index contributed by atoms with van der Waals surface area (Å²) >= 11 is 0. The van der Waals surface area contributed by atoms with Crippen LogP contribution < -0.4 is 10.6 Å². The maximum Gasteiger partial charge on any atom is 0.251 e. The third-order valence-corrected chi connectivity index (χ3v) is 6.07. The Morgan fingerprint density at radius 2 is 1.88 bits per heavy atom. The zero-order valence-electron chi connectivity index (χ0n) is 14.3. The van der Waals surface area contributed by atoms with Gasteiger partial charge in [0.25, 0.3) is 5.91 Å². The van der Waals surface area contributed by atoms with Gasteiger partial charge in [-0.15, -0.1) is 0 Å². The first-order valence-electron chi connectivity index (χ1n) is 8.22. The van der Waals surface area contributed by atoms with Gasteiger partial charge < -0.3 is 10.6 Å². The van der Waals surface area contributed by atoms with Crippen LogP contribution in [0.5, 0.6) is 0 Å². The topological polar surface area (TPSA) is 92.3 Å². The van der Waals surface area contributed by atoms with Crippen molar-refractivity contribution in [2.75, 3.05) is 18.1 Å². The predicted molar refractivity (Wildman–Crippen MR) is 92.3 cm³/mol. The Hall–Kier alpha value is -1.96. The fourth-order valence-electron chi connectivity index (χ4n) is 2.75. The molecule has 2 unspecified atom stereocenters. The van der Waals surface area contributed by atoms with E-state index in [0.717, 1.165) is 0 Å². The van der Waals surface area contributed by atoms with Crippen molar-refractivity contribution in [3.05, 3.63) is 35.6 Å². The van der Waals surface area contributed by atoms with E-state index in [2.05, 4.69) is 10.6 Å². The molecular formula is C17H23FN2O4S. The maximum absolute atomic E-state index is 12.9. The number of carbonyl (C=O) groups is 2. The molecule has 0 radical (unpaired) electrons. The molecule has 1 fully saturated rings. The standard InChI is InChI=1S/C17H23FN2O4S/c1-11(2)15(20-16(21)13-3-5-14(18)6-4-13)17(22)19-9-12-7-8-25(23,24)10-12/h3-6,11-12,15H,7-10H2,1-2H3,(H,19,22)(H,20,21). The number of rotatable bonds is 6. The van der Waals surface area contributed by atoms with E-state index in [9.17, 15) is 22.4 Å². The number of halogens is 1. The molecule has 0 bridgehead atoms. The van der Waals surface area contributed by atoms with E-state index < -0.39 is 27.6 Å². The van der Waals surface area contributed by atoms with Gasteiger partial charge >= 0.3 is 0 Å². The first-order chi connectivity index (χ1) is 11.7. The number of amides is 2. The van der Waals surface area contributed by atoms with Gasteiger partial charge in [-0.1, -0.05) is 13.8 Å². The smallest absolute Gasteiger partial charge is 0.251 e. The Balaban J connectivity index is 1.94. The van der Waals surface area contributed by atoms with Gasteiger partial charge in [0.05, 0.1) is 11.5 Å². The second-order valence-electron chi connectivity index (χ2n) is 6.72. The molecular weight excluding hydrogens is 347 g/mol. The van der Waals surface area contributed by atoms with Crippen LogP contribution in [0.1, 0.15) is 30.6 Å². The molecule has 2 amide bonds. The quantitative estimate of drug-likeness (QED) is 0.785. The monoisotopic (exact) mass is 370 g/mol. The number of hydrogen-bond acceptors (Lipinski definition) is 4. The zero-order valence-corrected chi connectivity index (χ0v) is 15.1. The van der Waals surface area contributed by atoms with Gasteiger partial charge in [0.2, 0.25) is 5.91 Å². The van der Waals surface area contributed by atoms with E-state index in [-0.39, 0.29) is 41.4 Å². The molecule has 1 aromatic rings. The van der Waals surface area contributed by atoms with Gasteiger partial charge in [0.1, 0.15) is 11.9 Å². The van der Waals surface area contributed by atoms with Crippen molar-refractivity contribution < 1.29 is 22.4 Å². The number of nitrogens with one attached hydrogen (secondary N) is 2. The Morgan fingerprint density at radius 1 is 1.24 bits per heavy atom. The molecule has 1 aliphatic rings. The minimum absolute atomic E-state index is 0.0849. The first kappa shape index (κ1) is 19.4. The van der Waals surface area contributed by atoms with Crippen LogP contribution in [0.3, 0.4) is 0 Å². The fraction of sp³-hybridized carbons (Fsp3) is 0.529. The molecule has 8 heteroatoms. The Kier molecular flexibility index (Phi) is 6.16. The van der Waals surface area contributed by atoms with Gasteiger partial charge in [-0.3, -0.25) is 9.59 Å². The number of sulfone groups is 1. The third-order valence-electron chi connectivity index (χ3n) is 4.23. The van der Waals surface area contributed by atoms with Crippen LogP contribution in [0.2, 0.25) is 0 Å². The summed E-state index contributed by atoms with van der Waals surface area (Å²) in [7, 11) is -2.99. The van der Waals surface area contributed by atoms with Crippen LogP contribution in [0.15, 0.2) is 24.3 Å². The average Bonchev–Trinajstić information content (AvgIpc) is 2.89. The van der Waals surface area contributed by atoms with E-state index in [1.165, 1.54) is 24.3 Å². The summed E-state index contributed by atoms with van der Waals surface area (Å²) in [5, 5.41) is 5.38. The van der Waals surface area contributed by atoms with Crippen molar-refractivity contribution in [2.24, 2.45) is 11.8 Å². The van der Waals surface area contributed by atoms with Crippen LogP contribution in [-0.2, 0) is 14.6 Å². The van der Waals surface area contributed by atoms with Crippen molar-refractivity contribution in [2.45, 2.75) is 26.3 Å². The second-order valence-corrected chi connectivity index (χ2v) is 8.94. The lowest BCUT2D eigenvalue weighted by Crippen LogP contribution is -2.50. The average molecular weight is 370 g/mol. The number of carbonyl (C=O) groups excluding carboxylic acids is 2. The van der Waals surface area contributed by atoms with Gasteiger partial charge in [-0.2, -0.15) is 0 Å². The lowest BCUT2D eigenvalue weighted by Gasteiger charge is -2.22. The van der Waals surface area contributed by atoms with Crippen molar-refractivity contribution in [3.8, 4) is 0 Å². The molecule has 6 nitrogen and oxygen atoms in total. The highest BCUT2D eigenvalue weighted by Crippen LogP contribution is 2.17. The van der Waals surface area contributed by atoms with E-state index in [1.54, 1.807) is 13.8 Å². The highest BCUT2D eigenvalue weighted by molar-refractivity contribution is 7.91. The van der Waals surface area contributed by atoms with Crippen LogP contribution in [0.25, 0.3) is 0 Å². The highest BCUT2D eigenvalue weighted by atomic mass is 32.2. The van der Waals surface area contributed by atoms with E-state index >= 15 is 0 Å². The minimum atomic E-state index is -2.99. The fourth-order valence-corrected chi connectivity index (χ4v) is 4.61. The highest BCUT2D eigenvalue weighted by Gasteiger charge is 2.30. The molecule has 2 atom stereocenters. The molecule has 0 aliphatic carbocycles. The summed E-state index contributed by atoms with van der Waals surface area (Å²) in [6.07, 6.45) is 0.539. The third kappa shape index (κ3) is 5.52. The summed E-state index contributed by atoms with van der Waals surface area (Å²) in [5.41, 5.74) is 0.265. The molecule has 138 valence electrons. The van der Waals surface area contributed by atoms with E-state index in [4.69, 9.17) is 0 Å². The van der Waals surface area contributed by atoms with Gasteiger partial charge in [0.15, 0.2) is 9.84 Å². The first-order valence-corrected chi connectivity index (χ1v) is 10.0. The molecule has 1 saturated heterocycles. The molecule has 0 saturated carbocycles. The van der Waals surface area contributed by atoms with Crippen LogP contribution in [0.4, 0.5) is 4.39 Å². The van der Waals surface area contributed by atoms with Gasteiger partial charge in [0, 0.05) is 12.1 Å². The molecule has 0 aromatic heterocycles. The summed E-state index contributed by atoms with van der Waals surface area (Å²) < 4.78 is 35.8. The summed E-state index contributed by atoms with van der Waals surface area (Å²) in [4.78, 5) is 24.6. The molecule has 2 rings (SSSR count). The molecule has 2 N–H and O–H groups in total. The van der Waals surface area contributed by atoms with Crippen molar-refractivity contribution in [3.63, 3.8) is 0 Å². The maximum atomic E-state index is 12.9. The van der Waals surface area contributed by atoms with Crippen molar-refractivity contribution in [1.82, 2.24) is 10.6 Å². The van der Waals surface area contributed by atoms with Gasteiger partial charge in [-0.05, 0) is 42.5 Å². The minimum Gasteiger partial charge on any atom is -0.354 e. The SMILES string of the molecule is CC(C)C(NC(=O)c1ccc(F)cc1)C(=O)NCC1CCS(=O)(=O)C1. The molecule has 1 aliphatic heterocycles. The summed E-state index contributed by atoms with van der Waals surface area (Å²) in [6.45, 7) is 3.87. The summed E-state index contributed by atoms with van der Waals surface area (Å²) in [5.74, 6) is -1.26. The Morgan fingerprint density at radius 3 is 2.40 bits per heavy atom. The van der Waals surface area contributed by atoms with Crippen molar-refractivity contribution >= 4 is 21.7 Å². The van der Waals surface area contributed by atoms with Gasteiger partial charge in [-0.25, -0.2) is 12.8 Å². The molecule has 1 heterocycles.